The Hall–Kier alpha value is -1.10. The Morgan fingerprint density at radius 1 is 1.16 bits per heavy atom. The molecule has 0 aromatic rings. The van der Waals surface area contributed by atoms with Crippen LogP contribution in [0, 0.1) is 5.41 Å². The quantitative estimate of drug-likeness (QED) is 0.566. The maximum Gasteiger partial charge on any atom is 0.310 e. The Kier molecular flexibility index (Phi) is 9.21. The lowest BCUT2D eigenvalue weighted by molar-refractivity contribution is -0.152. The Morgan fingerprint density at radius 3 is 2.26 bits per heavy atom. The molecule has 0 saturated heterocycles. The third kappa shape index (κ3) is 6.57. The minimum atomic E-state index is -0.917. The van der Waals surface area contributed by atoms with Crippen molar-refractivity contribution in [3.8, 4) is 0 Å². The third-order valence-electron chi connectivity index (χ3n) is 3.65. The van der Waals surface area contributed by atoms with Crippen LogP contribution in [0.5, 0.6) is 0 Å². The molecule has 0 aliphatic rings. The van der Waals surface area contributed by atoms with Crippen LogP contribution in [-0.4, -0.2) is 37.2 Å². The number of ether oxygens (including phenoxy) is 1. The van der Waals surface area contributed by atoms with Gasteiger partial charge in [-0.2, -0.15) is 0 Å². The fourth-order valence-corrected chi connectivity index (χ4v) is 2.02. The highest BCUT2D eigenvalue weighted by molar-refractivity contribution is 5.84. The summed E-state index contributed by atoms with van der Waals surface area (Å²) in [4.78, 5) is 23.0. The van der Waals surface area contributed by atoms with E-state index >= 15 is 0 Å². The molecule has 1 amide bonds. The van der Waals surface area contributed by atoms with Crippen LogP contribution >= 0.6 is 0 Å². The molecule has 0 aromatic heterocycles. The molecule has 0 radical (unpaired) electrons. The molecule has 0 bridgehead atoms. The van der Waals surface area contributed by atoms with Crippen LogP contribution in [-0.2, 0) is 14.3 Å². The van der Waals surface area contributed by atoms with E-state index in [0.717, 1.165) is 25.9 Å². The van der Waals surface area contributed by atoms with Gasteiger partial charge in [0, 0.05) is 26.7 Å². The number of hydrogen-bond acceptors (Lipinski definition) is 3. The van der Waals surface area contributed by atoms with Crippen molar-refractivity contribution in [2.24, 2.45) is 5.41 Å². The molecular formula is C14H27NO4. The summed E-state index contributed by atoms with van der Waals surface area (Å²) in [5.74, 6) is -1.05. The maximum atomic E-state index is 11.8. The van der Waals surface area contributed by atoms with Gasteiger partial charge in [-0.1, -0.05) is 13.8 Å². The van der Waals surface area contributed by atoms with Gasteiger partial charge in [0.15, 0.2) is 0 Å². The van der Waals surface area contributed by atoms with Gasteiger partial charge in [-0.05, 0) is 32.1 Å². The monoisotopic (exact) mass is 273 g/mol. The second kappa shape index (κ2) is 9.78. The zero-order valence-corrected chi connectivity index (χ0v) is 12.3. The minimum absolute atomic E-state index is 0.0629. The Labute approximate surface area is 115 Å². The van der Waals surface area contributed by atoms with E-state index < -0.39 is 11.4 Å². The van der Waals surface area contributed by atoms with Crippen molar-refractivity contribution in [1.82, 2.24) is 5.32 Å². The normalized spacial score (nSPS) is 11.3. The Bertz CT molecular complexity index is 275. The minimum Gasteiger partial charge on any atom is -0.481 e. The molecule has 0 spiro atoms. The van der Waals surface area contributed by atoms with Crippen LogP contribution < -0.4 is 5.32 Å². The Morgan fingerprint density at radius 2 is 1.79 bits per heavy atom. The van der Waals surface area contributed by atoms with Crippen molar-refractivity contribution in [2.45, 2.75) is 52.4 Å². The summed E-state index contributed by atoms with van der Waals surface area (Å²) in [7, 11) is 1.67. The molecule has 19 heavy (non-hydrogen) atoms. The highest BCUT2D eigenvalue weighted by Gasteiger charge is 2.36. The number of carbonyl (C=O) groups excluding carboxylic acids is 1. The van der Waals surface area contributed by atoms with E-state index in [4.69, 9.17) is 4.74 Å². The summed E-state index contributed by atoms with van der Waals surface area (Å²) in [5, 5.41) is 12.0. The molecule has 0 unspecified atom stereocenters. The van der Waals surface area contributed by atoms with Gasteiger partial charge in [-0.3, -0.25) is 9.59 Å². The molecule has 0 aromatic carbocycles. The predicted octanol–water partition coefficient (Wildman–Crippen LogP) is 2.20. The van der Waals surface area contributed by atoms with Crippen molar-refractivity contribution >= 4 is 11.9 Å². The predicted molar refractivity (Wildman–Crippen MR) is 74.0 cm³/mol. The van der Waals surface area contributed by atoms with E-state index in [1.165, 1.54) is 0 Å². The number of methoxy groups -OCH3 is 1. The molecule has 5 nitrogen and oxygen atoms in total. The van der Waals surface area contributed by atoms with Gasteiger partial charge in [0.05, 0.1) is 5.41 Å². The van der Waals surface area contributed by atoms with Crippen molar-refractivity contribution in [3.63, 3.8) is 0 Å². The van der Waals surface area contributed by atoms with Gasteiger partial charge in [0.2, 0.25) is 5.91 Å². The van der Waals surface area contributed by atoms with Crippen molar-refractivity contribution in [3.05, 3.63) is 0 Å². The summed E-state index contributed by atoms with van der Waals surface area (Å²) < 4.78 is 4.94. The molecule has 0 rings (SSSR count). The van der Waals surface area contributed by atoms with E-state index in [9.17, 15) is 14.7 Å². The summed E-state index contributed by atoms with van der Waals surface area (Å²) in [6.07, 6.45) is 3.89. The molecule has 0 heterocycles. The SMILES string of the molecule is CCC(CC)(CC(=O)NCCCCCOC)C(=O)O. The van der Waals surface area contributed by atoms with Crippen LogP contribution in [0.15, 0.2) is 0 Å². The second-order valence-electron chi connectivity index (χ2n) is 4.87. The second-order valence-corrected chi connectivity index (χ2v) is 4.87. The number of rotatable bonds is 11. The fourth-order valence-electron chi connectivity index (χ4n) is 2.02. The molecule has 0 atom stereocenters. The van der Waals surface area contributed by atoms with E-state index in [0.29, 0.717) is 19.4 Å². The first kappa shape index (κ1) is 17.9. The van der Waals surface area contributed by atoms with E-state index in [1.807, 2.05) is 13.8 Å². The summed E-state index contributed by atoms with van der Waals surface area (Å²) in [5.41, 5.74) is -0.917. The van der Waals surface area contributed by atoms with Gasteiger partial charge < -0.3 is 15.2 Å². The maximum absolute atomic E-state index is 11.8. The lowest BCUT2D eigenvalue weighted by Crippen LogP contribution is -2.37. The summed E-state index contributed by atoms with van der Waals surface area (Å²) in [6.45, 7) is 4.97. The first-order valence-corrected chi connectivity index (χ1v) is 7.01. The van der Waals surface area contributed by atoms with Crippen LogP contribution in [0.25, 0.3) is 0 Å². The zero-order valence-electron chi connectivity index (χ0n) is 12.3. The van der Waals surface area contributed by atoms with E-state index in [2.05, 4.69) is 5.32 Å². The number of carboxylic acid groups (broad SMARTS) is 1. The number of carboxylic acids is 1. The van der Waals surface area contributed by atoms with Gasteiger partial charge in [-0.15, -0.1) is 0 Å². The van der Waals surface area contributed by atoms with E-state index in [-0.39, 0.29) is 12.3 Å². The topological polar surface area (TPSA) is 75.6 Å². The van der Waals surface area contributed by atoms with E-state index in [1.54, 1.807) is 7.11 Å². The number of aliphatic carboxylic acids is 1. The molecule has 0 aliphatic carbocycles. The van der Waals surface area contributed by atoms with Crippen LogP contribution in [0.1, 0.15) is 52.4 Å². The smallest absolute Gasteiger partial charge is 0.310 e. The van der Waals surface area contributed by atoms with Gasteiger partial charge >= 0.3 is 5.97 Å². The average molecular weight is 273 g/mol. The Balaban J connectivity index is 3.98. The summed E-state index contributed by atoms with van der Waals surface area (Å²) in [6, 6.07) is 0. The highest BCUT2D eigenvalue weighted by Crippen LogP contribution is 2.30. The molecule has 0 fully saturated rings. The van der Waals surface area contributed by atoms with Crippen LogP contribution in [0.4, 0.5) is 0 Å². The number of unbranched alkanes of at least 4 members (excludes halogenated alkanes) is 2. The fraction of sp³-hybridized carbons (Fsp3) is 0.857. The van der Waals surface area contributed by atoms with Gasteiger partial charge in [-0.25, -0.2) is 0 Å². The number of amides is 1. The largest absolute Gasteiger partial charge is 0.481 e. The molecular weight excluding hydrogens is 246 g/mol. The molecule has 2 N–H and O–H groups in total. The van der Waals surface area contributed by atoms with Gasteiger partial charge in [0.25, 0.3) is 0 Å². The molecule has 0 saturated carbocycles. The first-order chi connectivity index (χ1) is 9.02. The zero-order chi connectivity index (χ0) is 14.7. The van der Waals surface area contributed by atoms with Gasteiger partial charge in [0.1, 0.15) is 0 Å². The van der Waals surface area contributed by atoms with Crippen LogP contribution in [0.2, 0.25) is 0 Å². The highest BCUT2D eigenvalue weighted by atomic mass is 16.5. The number of carbonyl (C=O) groups is 2. The number of nitrogens with one attached hydrogen (secondary N) is 1. The van der Waals surface area contributed by atoms with Crippen molar-refractivity contribution in [1.29, 1.82) is 0 Å². The molecule has 5 heteroatoms. The van der Waals surface area contributed by atoms with Crippen molar-refractivity contribution in [2.75, 3.05) is 20.3 Å². The molecule has 112 valence electrons. The lowest BCUT2D eigenvalue weighted by atomic mass is 9.79. The third-order valence-corrected chi connectivity index (χ3v) is 3.65. The average Bonchev–Trinajstić information content (AvgIpc) is 2.39. The van der Waals surface area contributed by atoms with Crippen LogP contribution in [0.3, 0.4) is 0 Å². The summed E-state index contributed by atoms with van der Waals surface area (Å²) >= 11 is 0. The number of hydrogen-bond donors (Lipinski definition) is 2. The molecule has 0 aliphatic heterocycles. The van der Waals surface area contributed by atoms with Crippen molar-refractivity contribution < 1.29 is 19.4 Å². The first-order valence-electron chi connectivity index (χ1n) is 7.01. The lowest BCUT2D eigenvalue weighted by Gasteiger charge is -2.25. The standard InChI is InChI=1S/C14H27NO4/c1-4-14(5-2,13(17)18)11-12(16)15-9-7-6-8-10-19-3/h4-11H2,1-3H3,(H,15,16)(H,17,18).